The smallest absolute Gasteiger partial charge is 0.164 e. The molecule has 0 bridgehead atoms. The summed E-state index contributed by atoms with van der Waals surface area (Å²) < 4.78 is 16.2. The highest BCUT2D eigenvalue weighted by Gasteiger charge is 2.22. The summed E-state index contributed by atoms with van der Waals surface area (Å²) in [6, 6.07) is 80.3. The third kappa shape index (κ3) is 6.38. The highest BCUT2D eigenvalue weighted by Crippen LogP contribution is 2.45. The number of benzene rings is 10. The maximum absolute atomic E-state index is 6.99. The number of hydrogen-bond donors (Lipinski definition) is 0. The third-order valence-electron chi connectivity index (χ3n) is 13.5. The maximum atomic E-state index is 6.99. The first kappa shape index (κ1) is 38.8. The Kier molecular flexibility index (Phi) is 8.79. The lowest BCUT2D eigenvalue weighted by atomic mass is 9.93. The van der Waals surface area contributed by atoms with E-state index < -0.39 is 0 Å². The second-order valence-electron chi connectivity index (χ2n) is 17.5. The molecule has 0 amide bonds. The van der Waals surface area contributed by atoms with Crippen molar-refractivity contribution in [3.05, 3.63) is 231 Å². The summed E-state index contributed by atoms with van der Waals surface area (Å²) in [5, 5.41) is 6.61. The van der Waals surface area contributed by atoms with Gasteiger partial charge in [-0.15, -0.1) is 0 Å². The Hall–Kier alpha value is -9.39. The Morgan fingerprint density at radius 3 is 1.61 bits per heavy atom. The van der Waals surface area contributed by atoms with Crippen LogP contribution in [0.4, 0.5) is 0 Å². The lowest BCUT2D eigenvalue weighted by Crippen LogP contribution is -2.00. The third-order valence-corrected chi connectivity index (χ3v) is 13.5. The van der Waals surface area contributed by atoms with Gasteiger partial charge in [-0.3, -0.25) is 0 Å². The van der Waals surface area contributed by atoms with Gasteiger partial charge in [0.2, 0.25) is 0 Å². The molecule has 6 heteroatoms. The molecule has 0 fully saturated rings. The number of fused-ring (bicyclic) bond motifs is 9. The Balaban J connectivity index is 0.898. The molecule has 4 aromatic heterocycles. The Morgan fingerprint density at radius 2 is 0.841 bits per heavy atom. The van der Waals surface area contributed by atoms with Crippen LogP contribution in [0, 0.1) is 0 Å². The molecule has 0 atom stereocenters. The van der Waals surface area contributed by atoms with Crippen molar-refractivity contribution in [1.82, 2.24) is 19.5 Å². The van der Waals surface area contributed by atoms with Crippen LogP contribution in [-0.2, 0) is 0 Å². The van der Waals surface area contributed by atoms with Gasteiger partial charge in [-0.1, -0.05) is 176 Å². The van der Waals surface area contributed by atoms with E-state index in [2.05, 4.69) is 162 Å². The van der Waals surface area contributed by atoms with Crippen LogP contribution in [-0.4, -0.2) is 19.5 Å². The molecule has 69 heavy (non-hydrogen) atoms. The van der Waals surface area contributed by atoms with Crippen LogP contribution in [0.3, 0.4) is 0 Å². The average Bonchev–Trinajstić information content (AvgIpc) is 4.11. The van der Waals surface area contributed by atoms with E-state index in [0.29, 0.717) is 17.5 Å². The van der Waals surface area contributed by atoms with E-state index in [1.54, 1.807) is 0 Å². The molecule has 0 saturated carbocycles. The molecule has 0 radical (unpaired) electrons. The summed E-state index contributed by atoms with van der Waals surface area (Å²) in [4.78, 5) is 15.0. The second kappa shape index (κ2) is 15.6. The number of para-hydroxylation sites is 3. The molecule has 4 heterocycles. The zero-order chi connectivity index (χ0) is 45.4. The van der Waals surface area contributed by atoms with Crippen molar-refractivity contribution in [1.29, 1.82) is 0 Å². The zero-order valence-electron chi connectivity index (χ0n) is 37.0. The van der Waals surface area contributed by atoms with Gasteiger partial charge in [0.25, 0.3) is 0 Å². The molecule has 0 saturated heterocycles. The predicted molar refractivity (Wildman–Crippen MR) is 281 cm³/mol. The van der Waals surface area contributed by atoms with Gasteiger partial charge in [0.15, 0.2) is 23.1 Å². The van der Waals surface area contributed by atoms with E-state index in [4.69, 9.17) is 23.8 Å². The first-order chi connectivity index (χ1) is 34.2. The minimum atomic E-state index is 0.604. The van der Waals surface area contributed by atoms with Crippen LogP contribution in [0.15, 0.2) is 239 Å². The largest absolute Gasteiger partial charge is 0.455 e. The van der Waals surface area contributed by atoms with Crippen LogP contribution in [0.25, 0.3) is 139 Å². The summed E-state index contributed by atoms with van der Waals surface area (Å²) in [6.45, 7) is 0. The molecule has 0 aliphatic rings. The molecule has 0 aliphatic carbocycles. The van der Waals surface area contributed by atoms with Gasteiger partial charge in [-0.2, -0.15) is 0 Å². The van der Waals surface area contributed by atoms with E-state index in [-0.39, 0.29) is 0 Å². The molecule has 14 rings (SSSR count). The van der Waals surface area contributed by atoms with Crippen LogP contribution in [0.5, 0.6) is 0 Å². The standard InChI is InChI=1S/C63H38N4O2/c1-4-16-39(17-5-1)42-31-35-54-52(37-42)48-24-10-12-27-53(48)67(54)55-28-15-26-50-49-32-30-44(38-57(49)69-59(50)55)47-34-33-46(58-51-25-11-13-29-56(51)68-60(47)58)43-22-14-23-45(36-43)63-65-61(40-18-6-2-7-19-40)64-62(66-63)41-20-8-3-9-21-41/h1-38H. The lowest BCUT2D eigenvalue weighted by Gasteiger charge is -2.11. The number of nitrogens with zero attached hydrogens (tertiary/aromatic N) is 4. The average molecular weight is 883 g/mol. The highest BCUT2D eigenvalue weighted by atomic mass is 16.3. The van der Waals surface area contributed by atoms with E-state index in [1.165, 1.54) is 21.9 Å². The molecule has 0 aliphatic heterocycles. The van der Waals surface area contributed by atoms with Crippen molar-refractivity contribution in [3.63, 3.8) is 0 Å². The number of hydrogen-bond acceptors (Lipinski definition) is 5. The van der Waals surface area contributed by atoms with Gasteiger partial charge in [0, 0.05) is 54.6 Å². The Morgan fingerprint density at radius 1 is 0.290 bits per heavy atom. The molecule has 6 nitrogen and oxygen atoms in total. The molecule has 0 spiro atoms. The molecule has 14 aromatic rings. The van der Waals surface area contributed by atoms with Crippen LogP contribution in [0.1, 0.15) is 0 Å². The SMILES string of the molecule is c1ccc(-c2ccc3c(c2)c2ccccc2n3-c2cccc3c2oc2cc(-c4ccc(-c5cccc(-c6nc(-c7ccccc7)nc(-c7ccccc7)n6)c5)c5c4oc4ccccc45)ccc23)cc1. The van der Waals surface area contributed by atoms with Crippen LogP contribution >= 0.6 is 0 Å². The van der Waals surface area contributed by atoms with Crippen molar-refractivity contribution in [2.75, 3.05) is 0 Å². The molecular formula is C63H38N4O2. The first-order valence-corrected chi connectivity index (χ1v) is 23.2. The van der Waals surface area contributed by atoms with Crippen molar-refractivity contribution in [2.24, 2.45) is 0 Å². The van der Waals surface area contributed by atoms with Crippen molar-refractivity contribution >= 4 is 65.7 Å². The Bertz CT molecular complexity index is 4250. The maximum Gasteiger partial charge on any atom is 0.164 e. The van der Waals surface area contributed by atoms with Gasteiger partial charge in [0.05, 0.1) is 16.7 Å². The number of aromatic nitrogens is 4. The van der Waals surface area contributed by atoms with Crippen LogP contribution < -0.4 is 0 Å². The molecule has 0 unspecified atom stereocenters. The monoisotopic (exact) mass is 882 g/mol. The minimum Gasteiger partial charge on any atom is -0.455 e. The van der Waals surface area contributed by atoms with Crippen molar-refractivity contribution in [3.8, 4) is 73.2 Å². The lowest BCUT2D eigenvalue weighted by molar-refractivity contribution is 0.666. The summed E-state index contributed by atoms with van der Waals surface area (Å²) in [5.74, 6) is 1.85. The van der Waals surface area contributed by atoms with Gasteiger partial charge >= 0.3 is 0 Å². The normalized spacial score (nSPS) is 11.8. The fraction of sp³-hybridized carbons (Fsp3) is 0. The summed E-state index contributed by atoms with van der Waals surface area (Å²) in [6.07, 6.45) is 0. The highest BCUT2D eigenvalue weighted by molar-refractivity contribution is 6.18. The zero-order valence-corrected chi connectivity index (χ0v) is 37.0. The quantitative estimate of drug-likeness (QED) is 0.159. The second-order valence-corrected chi connectivity index (χ2v) is 17.5. The van der Waals surface area contributed by atoms with Gasteiger partial charge in [-0.25, -0.2) is 15.0 Å². The molecule has 322 valence electrons. The number of rotatable bonds is 7. The van der Waals surface area contributed by atoms with Gasteiger partial charge in [-0.05, 0) is 82.4 Å². The van der Waals surface area contributed by atoms with E-state index in [0.717, 1.165) is 99.5 Å². The fourth-order valence-corrected chi connectivity index (χ4v) is 10.2. The summed E-state index contributed by atoms with van der Waals surface area (Å²) in [7, 11) is 0. The van der Waals surface area contributed by atoms with Crippen LogP contribution in [0.2, 0.25) is 0 Å². The summed E-state index contributed by atoms with van der Waals surface area (Å²) >= 11 is 0. The topological polar surface area (TPSA) is 69.9 Å². The van der Waals surface area contributed by atoms with Crippen molar-refractivity contribution < 1.29 is 8.83 Å². The Labute approximate surface area is 396 Å². The first-order valence-electron chi connectivity index (χ1n) is 23.2. The predicted octanol–water partition coefficient (Wildman–Crippen LogP) is 16.8. The van der Waals surface area contributed by atoms with E-state index in [9.17, 15) is 0 Å². The van der Waals surface area contributed by atoms with Gasteiger partial charge in [0.1, 0.15) is 16.7 Å². The molecule has 0 N–H and O–H groups in total. The molecular weight excluding hydrogens is 845 g/mol. The fourth-order valence-electron chi connectivity index (χ4n) is 10.2. The minimum absolute atomic E-state index is 0.604. The van der Waals surface area contributed by atoms with Gasteiger partial charge < -0.3 is 13.4 Å². The molecule has 10 aromatic carbocycles. The van der Waals surface area contributed by atoms with Crippen molar-refractivity contribution in [2.45, 2.75) is 0 Å². The number of furan rings is 2. The van der Waals surface area contributed by atoms with E-state index in [1.807, 2.05) is 72.8 Å². The van der Waals surface area contributed by atoms with E-state index >= 15 is 0 Å². The summed E-state index contributed by atoms with van der Waals surface area (Å²) in [5.41, 5.74) is 15.8.